The van der Waals surface area contributed by atoms with Gasteiger partial charge in [0.25, 0.3) is 0 Å². The predicted octanol–water partition coefficient (Wildman–Crippen LogP) is 3.80. The first-order valence-electron chi connectivity index (χ1n) is 7.11. The van der Waals surface area contributed by atoms with Crippen LogP contribution in [0.4, 0.5) is 4.39 Å². The third-order valence-electron chi connectivity index (χ3n) is 3.82. The van der Waals surface area contributed by atoms with Crippen LogP contribution in [0.3, 0.4) is 0 Å². The lowest BCUT2D eigenvalue weighted by Gasteiger charge is -2.11. The number of fused-ring (bicyclic) bond motifs is 3. The number of nitrogens with zero attached hydrogens (tertiary/aromatic N) is 3. The first-order chi connectivity index (χ1) is 11.2. The van der Waals surface area contributed by atoms with Crippen molar-refractivity contribution in [1.29, 1.82) is 0 Å². The molecule has 2 aromatic carbocycles. The number of nitrogens with two attached hydrogens (primary N) is 1. The minimum atomic E-state index is -0.341. The van der Waals surface area contributed by atoms with Crippen LogP contribution in [-0.4, -0.2) is 14.6 Å². The topological polar surface area (TPSA) is 56.2 Å². The first kappa shape index (κ1) is 14.1. The number of aromatic nitrogens is 3. The van der Waals surface area contributed by atoms with Gasteiger partial charge in [-0.2, -0.15) is 5.10 Å². The standard InChI is InChI=1S/C17H12ClFN4/c18-16-15(10-4-2-1-3-5-10)14(9-20)23-17(21-16)12-8-11(19)6-7-13(12)22-23/h1-8H,9,20H2. The molecule has 2 N–H and O–H groups in total. The Kier molecular flexibility index (Phi) is 3.25. The second kappa shape index (κ2) is 5.30. The van der Waals surface area contributed by atoms with Gasteiger partial charge < -0.3 is 5.73 Å². The Balaban J connectivity index is 2.14. The summed E-state index contributed by atoms with van der Waals surface area (Å²) in [4.78, 5) is 4.43. The summed E-state index contributed by atoms with van der Waals surface area (Å²) >= 11 is 6.42. The molecule has 0 aliphatic heterocycles. The van der Waals surface area contributed by atoms with Gasteiger partial charge in [0.05, 0.1) is 11.2 Å². The van der Waals surface area contributed by atoms with Crippen molar-refractivity contribution in [3.8, 4) is 11.1 Å². The Morgan fingerprint density at radius 1 is 1.13 bits per heavy atom. The molecule has 0 amide bonds. The highest BCUT2D eigenvalue weighted by Gasteiger charge is 2.18. The fraction of sp³-hybridized carbons (Fsp3) is 0.0588. The zero-order valence-corrected chi connectivity index (χ0v) is 12.8. The molecule has 4 rings (SSSR count). The van der Waals surface area contributed by atoms with Gasteiger partial charge >= 0.3 is 0 Å². The molecule has 0 bridgehead atoms. The zero-order valence-electron chi connectivity index (χ0n) is 12.0. The van der Waals surface area contributed by atoms with Gasteiger partial charge in [0.1, 0.15) is 11.0 Å². The van der Waals surface area contributed by atoms with Crippen LogP contribution >= 0.6 is 11.6 Å². The quantitative estimate of drug-likeness (QED) is 0.570. The zero-order chi connectivity index (χ0) is 16.0. The molecule has 0 spiro atoms. The number of hydrogen-bond acceptors (Lipinski definition) is 3. The highest BCUT2D eigenvalue weighted by Crippen LogP contribution is 2.32. The van der Waals surface area contributed by atoms with Gasteiger partial charge in [0.2, 0.25) is 0 Å². The molecule has 0 aliphatic rings. The molecule has 0 fully saturated rings. The smallest absolute Gasteiger partial charge is 0.165 e. The molecule has 0 saturated carbocycles. The minimum absolute atomic E-state index is 0.236. The van der Waals surface area contributed by atoms with Gasteiger partial charge in [0.15, 0.2) is 5.65 Å². The van der Waals surface area contributed by atoms with Crippen molar-refractivity contribution in [1.82, 2.24) is 14.6 Å². The van der Waals surface area contributed by atoms with E-state index in [9.17, 15) is 4.39 Å². The van der Waals surface area contributed by atoms with Crippen LogP contribution in [0.5, 0.6) is 0 Å². The van der Waals surface area contributed by atoms with E-state index < -0.39 is 0 Å². The lowest BCUT2D eigenvalue weighted by Crippen LogP contribution is -2.09. The summed E-state index contributed by atoms with van der Waals surface area (Å²) in [6.07, 6.45) is 0. The van der Waals surface area contributed by atoms with Crippen LogP contribution in [0.15, 0.2) is 48.5 Å². The van der Waals surface area contributed by atoms with Crippen LogP contribution in [-0.2, 0) is 6.54 Å². The highest BCUT2D eigenvalue weighted by atomic mass is 35.5. The number of halogens is 2. The first-order valence-corrected chi connectivity index (χ1v) is 7.48. The van der Waals surface area contributed by atoms with E-state index in [1.54, 1.807) is 10.6 Å². The van der Waals surface area contributed by atoms with Crippen molar-refractivity contribution in [3.05, 3.63) is 65.2 Å². The summed E-state index contributed by atoms with van der Waals surface area (Å²) in [5.74, 6) is -0.341. The van der Waals surface area contributed by atoms with E-state index in [0.717, 1.165) is 16.8 Å². The van der Waals surface area contributed by atoms with E-state index in [1.807, 2.05) is 30.3 Å². The summed E-state index contributed by atoms with van der Waals surface area (Å²) in [5.41, 5.74) is 9.51. The highest BCUT2D eigenvalue weighted by molar-refractivity contribution is 6.32. The maximum absolute atomic E-state index is 13.5. The van der Waals surface area contributed by atoms with Crippen LogP contribution in [0, 0.1) is 5.82 Å². The number of rotatable bonds is 2. The fourth-order valence-electron chi connectivity index (χ4n) is 2.79. The summed E-state index contributed by atoms with van der Waals surface area (Å²) in [7, 11) is 0. The SMILES string of the molecule is NCc1c(-c2ccccc2)c(Cl)nc2c3cc(F)ccc3nn12. The monoisotopic (exact) mass is 326 g/mol. The van der Waals surface area contributed by atoms with E-state index in [2.05, 4.69) is 10.1 Å². The summed E-state index contributed by atoms with van der Waals surface area (Å²) < 4.78 is 15.2. The average Bonchev–Trinajstić information content (AvgIpc) is 2.92. The number of hydrogen-bond donors (Lipinski definition) is 1. The third-order valence-corrected chi connectivity index (χ3v) is 4.09. The van der Waals surface area contributed by atoms with Crippen LogP contribution in [0.1, 0.15) is 5.69 Å². The second-order valence-electron chi connectivity index (χ2n) is 5.19. The Morgan fingerprint density at radius 3 is 2.65 bits per heavy atom. The maximum atomic E-state index is 13.5. The molecule has 2 aromatic heterocycles. The van der Waals surface area contributed by atoms with E-state index in [-0.39, 0.29) is 12.4 Å². The van der Waals surface area contributed by atoms with Crippen molar-refractivity contribution in [2.24, 2.45) is 5.73 Å². The molecular weight excluding hydrogens is 315 g/mol. The Bertz CT molecular complexity index is 1030. The molecule has 0 saturated heterocycles. The second-order valence-corrected chi connectivity index (χ2v) is 5.55. The van der Waals surface area contributed by atoms with Gasteiger partial charge in [-0.25, -0.2) is 13.9 Å². The van der Waals surface area contributed by atoms with Crippen LogP contribution in [0.25, 0.3) is 27.7 Å². The van der Waals surface area contributed by atoms with E-state index >= 15 is 0 Å². The molecular formula is C17H12ClFN4. The van der Waals surface area contributed by atoms with Crippen LogP contribution < -0.4 is 5.73 Å². The Hall–Kier alpha value is -2.50. The molecule has 0 radical (unpaired) electrons. The lowest BCUT2D eigenvalue weighted by atomic mass is 10.1. The predicted molar refractivity (Wildman–Crippen MR) is 88.8 cm³/mol. The molecule has 4 nitrogen and oxygen atoms in total. The molecule has 0 unspecified atom stereocenters. The molecule has 114 valence electrons. The van der Waals surface area contributed by atoms with Gasteiger partial charge in [-0.15, -0.1) is 0 Å². The number of benzene rings is 2. The maximum Gasteiger partial charge on any atom is 0.165 e. The van der Waals surface area contributed by atoms with Crippen molar-refractivity contribution < 1.29 is 4.39 Å². The van der Waals surface area contributed by atoms with Crippen molar-refractivity contribution >= 4 is 28.2 Å². The molecule has 23 heavy (non-hydrogen) atoms. The van der Waals surface area contributed by atoms with Gasteiger partial charge in [-0.1, -0.05) is 41.9 Å². The third kappa shape index (κ3) is 2.17. The molecule has 0 atom stereocenters. The minimum Gasteiger partial charge on any atom is -0.325 e. The molecule has 4 aromatic rings. The molecule has 6 heteroatoms. The van der Waals surface area contributed by atoms with Gasteiger partial charge in [-0.05, 0) is 23.8 Å². The Labute approximate surface area is 136 Å². The van der Waals surface area contributed by atoms with E-state index in [0.29, 0.717) is 21.7 Å². The van der Waals surface area contributed by atoms with Crippen molar-refractivity contribution in [2.45, 2.75) is 6.54 Å². The van der Waals surface area contributed by atoms with Gasteiger partial charge in [0, 0.05) is 17.5 Å². The fourth-order valence-corrected chi connectivity index (χ4v) is 3.09. The Morgan fingerprint density at radius 2 is 1.91 bits per heavy atom. The van der Waals surface area contributed by atoms with Gasteiger partial charge in [-0.3, -0.25) is 0 Å². The normalized spacial score (nSPS) is 11.4. The van der Waals surface area contributed by atoms with E-state index in [1.165, 1.54) is 12.1 Å². The lowest BCUT2D eigenvalue weighted by molar-refractivity contribution is 0.630. The summed E-state index contributed by atoms with van der Waals surface area (Å²) in [6, 6.07) is 14.1. The largest absolute Gasteiger partial charge is 0.325 e. The average molecular weight is 327 g/mol. The van der Waals surface area contributed by atoms with Crippen LogP contribution in [0.2, 0.25) is 5.15 Å². The summed E-state index contributed by atoms with van der Waals surface area (Å²) in [5, 5.41) is 5.44. The molecule has 2 heterocycles. The molecule has 0 aliphatic carbocycles. The van der Waals surface area contributed by atoms with E-state index in [4.69, 9.17) is 17.3 Å². The summed E-state index contributed by atoms with van der Waals surface area (Å²) in [6.45, 7) is 0.236. The van der Waals surface area contributed by atoms with Crippen molar-refractivity contribution in [3.63, 3.8) is 0 Å². The van der Waals surface area contributed by atoms with Crippen molar-refractivity contribution in [2.75, 3.05) is 0 Å².